The highest BCUT2D eigenvalue weighted by Crippen LogP contribution is 2.20. The number of nitrogens with two attached hydrogens (primary N) is 1. The molecule has 2 aromatic rings. The molecule has 0 unspecified atom stereocenters. The summed E-state index contributed by atoms with van der Waals surface area (Å²) in [6, 6.07) is 8.93. The molecule has 0 aliphatic rings. The van der Waals surface area contributed by atoms with Crippen molar-refractivity contribution in [2.24, 2.45) is 5.73 Å². The molecule has 0 atom stereocenters. The first kappa shape index (κ1) is 17.1. The summed E-state index contributed by atoms with van der Waals surface area (Å²) in [6.45, 7) is 3.60. The van der Waals surface area contributed by atoms with Crippen molar-refractivity contribution in [3.63, 3.8) is 0 Å². The molecule has 1 aromatic heterocycles. The SMILES string of the molecule is Cc1cc(NNc2ccc(Cl)cc2)c(C(N)=O)c(C)n1.Cl. The van der Waals surface area contributed by atoms with Crippen molar-refractivity contribution in [2.45, 2.75) is 13.8 Å². The molecule has 0 aliphatic heterocycles. The summed E-state index contributed by atoms with van der Waals surface area (Å²) in [5.41, 5.74) is 14.5. The number of carbonyl (C=O) groups excluding carboxylic acids is 1. The summed E-state index contributed by atoms with van der Waals surface area (Å²) in [7, 11) is 0. The molecule has 4 N–H and O–H groups in total. The Morgan fingerprint density at radius 2 is 1.81 bits per heavy atom. The van der Waals surface area contributed by atoms with Crippen molar-refractivity contribution in [2.75, 3.05) is 10.9 Å². The van der Waals surface area contributed by atoms with Gasteiger partial charge in [-0.2, -0.15) is 0 Å². The fraction of sp³-hybridized carbons (Fsp3) is 0.143. The number of nitrogens with zero attached hydrogens (tertiary/aromatic N) is 1. The Balaban J connectivity index is 0.00000220. The van der Waals surface area contributed by atoms with E-state index >= 15 is 0 Å². The maximum absolute atomic E-state index is 11.5. The van der Waals surface area contributed by atoms with Crippen LogP contribution < -0.4 is 16.6 Å². The van der Waals surface area contributed by atoms with Gasteiger partial charge in [0.1, 0.15) is 0 Å². The van der Waals surface area contributed by atoms with Crippen LogP contribution in [0.2, 0.25) is 5.02 Å². The summed E-state index contributed by atoms with van der Waals surface area (Å²) in [5.74, 6) is -0.518. The smallest absolute Gasteiger partial charge is 0.252 e. The molecule has 0 saturated heterocycles. The van der Waals surface area contributed by atoms with E-state index in [2.05, 4.69) is 15.8 Å². The summed E-state index contributed by atoms with van der Waals surface area (Å²) in [5, 5.41) is 0.656. The van der Waals surface area contributed by atoms with Crippen LogP contribution in [-0.4, -0.2) is 10.9 Å². The fourth-order valence-electron chi connectivity index (χ4n) is 1.91. The Morgan fingerprint density at radius 1 is 1.19 bits per heavy atom. The lowest BCUT2D eigenvalue weighted by Crippen LogP contribution is -2.19. The van der Waals surface area contributed by atoms with Gasteiger partial charge in [-0.15, -0.1) is 12.4 Å². The van der Waals surface area contributed by atoms with Gasteiger partial charge >= 0.3 is 0 Å². The van der Waals surface area contributed by atoms with Gasteiger partial charge in [-0.05, 0) is 44.2 Å². The van der Waals surface area contributed by atoms with Gasteiger partial charge in [0, 0.05) is 10.7 Å². The highest BCUT2D eigenvalue weighted by molar-refractivity contribution is 6.30. The molecule has 0 bridgehead atoms. The molecule has 5 nitrogen and oxygen atoms in total. The van der Waals surface area contributed by atoms with Crippen LogP contribution in [0.5, 0.6) is 0 Å². The maximum atomic E-state index is 11.5. The van der Waals surface area contributed by atoms with Gasteiger partial charge in [-0.25, -0.2) is 0 Å². The maximum Gasteiger partial charge on any atom is 0.252 e. The second-order valence-electron chi connectivity index (χ2n) is 4.39. The van der Waals surface area contributed by atoms with Crippen LogP contribution in [0, 0.1) is 13.8 Å². The third kappa shape index (κ3) is 4.24. The lowest BCUT2D eigenvalue weighted by atomic mass is 10.1. The first-order valence-electron chi connectivity index (χ1n) is 6.03. The molecule has 1 heterocycles. The first-order valence-corrected chi connectivity index (χ1v) is 6.41. The van der Waals surface area contributed by atoms with E-state index in [9.17, 15) is 4.79 Å². The molecular weight excluding hydrogens is 311 g/mol. The van der Waals surface area contributed by atoms with Crippen LogP contribution in [-0.2, 0) is 0 Å². The Morgan fingerprint density at radius 3 is 2.38 bits per heavy atom. The van der Waals surface area contributed by atoms with Crippen LogP contribution in [0.3, 0.4) is 0 Å². The monoisotopic (exact) mass is 326 g/mol. The molecule has 2 rings (SSSR count). The van der Waals surface area contributed by atoms with Gasteiger partial charge in [0.2, 0.25) is 0 Å². The van der Waals surface area contributed by atoms with Gasteiger partial charge in [0.05, 0.1) is 22.6 Å². The van der Waals surface area contributed by atoms with Crippen LogP contribution >= 0.6 is 24.0 Å². The molecule has 21 heavy (non-hydrogen) atoms. The zero-order valence-electron chi connectivity index (χ0n) is 11.6. The van der Waals surface area contributed by atoms with E-state index in [0.29, 0.717) is 22.0 Å². The number of halogens is 2. The minimum atomic E-state index is -0.518. The lowest BCUT2D eigenvalue weighted by Gasteiger charge is -2.14. The van der Waals surface area contributed by atoms with Crippen LogP contribution in [0.4, 0.5) is 11.4 Å². The van der Waals surface area contributed by atoms with E-state index in [1.54, 1.807) is 25.1 Å². The van der Waals surface area contributed by atoms with E-state index in [1.807, 2.05) is 19.1 Å². The third-order valence-corrected chi connectivity index (χ3v) is 3.01. The average Bonchev–Trinajstić information content (AvgIpc) is 2.36. The molecule has 0 radical (unpaired) electrons. The van der Waals surface area contributed by atoms with Crippen molar-refractivity contribution in [1.29, 1.82) is 0 Å². The van der Waals surface area contributed by atoms with Crippen molar-refractivity contribution >= 4 is 41.3 Å². The van der Waals surface area contributed by atoms with E-state index in [1.165, 1.54) is 0 Å². The van der Waals surface area contributed by atoms with E-state index < -0.39 is 5.91 Å². The van der Waals surface area contributed by atoms with Crippen molar-refractivity contribution in [1.82, 2.24) is 4.98 Å². The van der Waals surface area contributed by atoms with Gasteiger partial charge < -0.3 is 11.2 Å². The number of aryl methyl sites for hydroxylation is 2. The Bertz CT molecular complexity index is 644. The number of primary amides is 1. The number of nitrogens with one attached hydrogen (secondary N) is 2. The van der Waals surface area contributed by atoms with Gasteiger partial charge in [0.25, 0.3) is 5.91 Å². The zero-order valence-corrected chi connectivity index (χ0v) is 13.2. The highest BCUT2D eigenvalue weighted by Gasteiger charge is 2.13. The number of amides is 1. The number of rotatable bonds is 4. The quantitative estimate of drug-likeness (QED) is 0.753. The van der Waals surface area contributed by atoms with Crippen LogP contribution in [0.1, 0.15) is 21.7 Å². The number of pyridine rings is 1. The fourth-order valence-corrected chi connectivity index (χ4v) is 2.04. The van der Waals surface area contributed by atoms with Crippen molar-refractivity contribution in [3.05, 3.63) is 52.3 Å². The third-order valence-electron chi connectivity index (χ3n) is 2.76. The topological polar surface area (TPSA) is 80.0 Å². The Hall–Kier alpha value is -1.98. The lowest BCUT2D eigenvalue weighted by molar-refractivity contribution is 0.1000. The van der Waals surface area contributed by atoms with E-state index in [4.69, 9.17) is 17.3 Å². The summed E-state index contributed by atoms with van der Waals surface area (Å²) < 4.78 is 0. The normalized spacial score (nSPS) is 9.67. The summed E-state index contributed by atoms with van der Waals surface area (Å²) in [6.07, 6.45) is 0. The second kappa shape index (κ2) is 7.15. The molecule has 0 fully saturated rings. The largest absolute Gasteiger partial charge is 0.365 e. The Kier molecular flexibility index (Phi) is 5.81. The molecular formula is C14H16Cl2N4O. The van der Waals surface area contributed by atoms with Gasteiger partial charge in [0.15, 0.2) is 0 Å². The molecule has 112 valence electrons. The van der Waals surface area contributed by atoms with Gasteiger partial charge in [-0.1, -0.05) is 11.6 Å². The molecule has 0 saturated carbocycles. The van der Waals surface area contributed by atoms with Crippen LogP contribution in [0.15, 0.2) is 30.3 Å². The number of hydrogen-bond donors (Lipinski definition) is 3. The standard InChI is InChI=1S/C14H15ClN4O.ClH/c1-8-7-12(13(14(16)20)9(2)17-8)19-18-11-5-3-10(15)4-6-11;/h3-7,18H,1-2H3,(H2,16,20)(H,17,19);1H. The minimum absolute atomic E-state index is 0. The Labute approximate surface area is 134 Å². The number of anilines is 2. The molecule has 7 heteroatoms. The number of hydrogen-bond acceptors (Lipinski definition) is 4. The molecule has 0 aliphatic carbocycles. The predicted octanol–water partition coefficient (Wildman–Crippen LogP) is 3.31. The number of carbonyl (C=O) groups is 1. The number of hydrazine groups is 1. The average molecular weight is 327 g/mol. The van der Waals surface area contributed by atoms with Crippen molar-refractivity contribution in [3.8, 4) is 0 Å². The van der Waals surface area contributed by atoms with Crippen molar-refractivity contribution < 1.29 is 4.79 Å². The van der Waals surface area contributed by atoms with Gasteiger partial charge in [-0.3, -0.25) is 15.2 Å². The number of benzene rings is 1. The van der Waals surface area contributed by atoms with Crippen LogP contribution in [0.25, 0.3) is 0 Å². The van der Waals surface area contributed by atoms with E-state index in [0.717, 1.165) is 11.4 Å². The zero-order chi connectivity index (χ0) is 14.7. The molecule has 1 amide bonds. The predicted molar refractivity (Wildman–Crippen MR) is 88.2 cm³/mol. The molecule has 1 aromatic carbocycles. The summed E-state index contributed by atoms with van der Waals surface area (Å²) in [4.78, 5) is 15.7. The highest BCUT2D eigenvalue weighted by atomic mass is 35.5. The van der Waals surface area contributed by atoms with E-state index in [-0.39, 0.29) is 12.4 Å². The summed E-state index contributed by atoms with van der Waals surface area (Å²) >= 11 is 5.82. The molecule has 0 spiro atoms. The number of aromatic nitrogens is 1. The minimum Gasteiger partial charge on any atom is -0.365 e. The first-order chi connectivity index (χ1) is 9.47. The second-order valence-corrected chi connectivity index (χ2v) is 4.83.